The lowest BCUT2D eigenvalue weighted by atomic mass is 10.0. The van der Waals surface area contributed by atoms with E-state index >= 15 is 0 Å². The number of nitrogens with two attached hydrogens (primary N) is 1. The highest BCUT2D eigenvalue weighted by molar-refractivity contribution is 7.99. The van der Waals surface area contributed by atoms with Crippen LogP contribution in [0.4, 0.5) is 0 Å². The van der Waals surface area contributed by atoms with Crippen LogP contribution in [0.5, 0.6) is 0 Å². The Morgan fingerprint density at radius 2 is 2.33 bits per heavy atom. The second-order valence-corrected chi connectivity index (χ2v) is 6.74. The molecule has 4 nitrogen and oxygen atoms in total. The summed E-state index contributed by atoms with van der Waals surface area (Å²) in [6, 6.07) is 7.88. The van der Waals surface area contributed by atoms with Crippen LogP contribution in [0, 0.1) is 0 Å². The van der Waals surface area contributed by atoms with Gasteiger partial charge in [0.1, 0.15) is 0 Å². The summed E-state index contributed by atoms with van der Waals surface area (Å²) in [6.07, 6.45) is 4.76. The van der Waals surface area contributed by atoms with Gasteiger partial charge in [0.15, 0.2) is 0 Å². The summed E-state index contributed by atoms with van der Waals surface area (Å²) >= 11 is 1.90. The van der Waals surface area contributed by atoms with Crippen LogP contribution in [0.25, 0.3) is 10.9 Å². The first-order chi connectivity index (χ1) is 10.2. The summed E-state index contributed by atoms with van der Waals surface area (Å²) in [4.78, 5) is 15.4. The summed E-state index contributed by atoms with van der Waals surface area (Å²) in [5.74, 6) is 2.17. The van der Waals surface area contributed by atoms with Crippen molar-refractivity contribution in [1.29, 1.82) is 0 Å². The molecule has 5 heteroatoms. The van der Waals surface area contributed by atoms with Crippen molar-refractivity contribution >= 4 is 28.6 Å². The van der Waals surface area contributed by atoms with Crippen molar-refractivity contribution in [2.45, 2.75) is 31.3 Å². The minimum atomic E-state index is -0.490. The van der Waals surface area contributed by atoms with Gasteiger partial charge in [0.25, 0.3) is 0 Å². The zero-order valence-corrected chi connectivity index (χ0v) is 12.8. The van der Waals surface area contributed by atoms with Gasteiger partial charge in [0, 0.05) is 28.9 Å². The summed E-state index contributed by atoms with van der Waals surface area (Å²) in [5, 5.41) is 4.23. The zero-order chi connectivity index (χ0) is 14.7. The topological polar surface area (TPSA) is 70.9 Å². The summed E-state index contributed by atoms with van der Waals surface area (Å²) < 4.78 is 0. The molecule has 2 aromatic rings. The van der Waals surface area contributed by atoms with Gasteiger partial charge < -0.3 is 16.0 Å². The Bertz CT molecular complexity index is 619. The maximum Gasteiger partial charge on any atom is 0.237 e. The third-order valence-corrected chi connectivity index (χ3v) is 5.17. The van der Waals surface area contributed by atoms with Crippen molar-refractivity contribution in [3.05, 3.63) is 36.0 Å². The molecule has 1 fully saturated rings. The number of rotatable bonds is 4. The van der Waals surface area contributed by atoms with E-state index in [-0.39, 0.29) is 11.9 Å². The molecule has 0 saturated carbocycles. The van der Waals surface area contributed by atoms with Gasteiger partial charge in [-0.1, -0.05) is 18.2 Å². The van der Waals surface area contributed by atoms with Crippen LogP contribution in [0.1, 0.15) is 18.4 Å². The number of H-pyrrole nitrogens is 1. The molecule has 1 aliphatic heterocycles. The van der Waals surface area contributed by atoms with E-state index in [1.54, 1.807) is 0 Å². The number of para-hydroxylation sites is 1. The fraction of sp³-hybridized carbons (Fsp3) is 0.438. The van der Waals surface area contributed by atoms with Crippen molar-refractivity contribution < 1.29 is 4.79 Å². The Balaban J connectivity index is 1.62. The predicted molar refractivity (Wildman–Crippen MR) is 88.5 cm³/mol. The number of amides is 1. The molecule has 1 saturated heterocycles. The molecule has 1 aromatic heterocycles. The number of thioether (sulfide) groups is 1. The van der Waals surface area contributed by atoms with Gasteiger partial charge in [-0.3, -0.25) is 4.79 Å². The number of carbonyl (C=O) groups is 1. The molecular formula is C16H21N3OS. The number of benzene rings is 1. The Morgan fingerprint density at radius 1 is 1.48 bits per heavy atom. The summed E-state index contributed by atoms with van der Waals surface area (Å²) in [5.41, 5.74) is 8.27. The Labute approximate surface area is 128 Å². The molecule has 4 N–H and O–H groups in total. The summed E-state index contributed by atoms with van der Waals surface area (Å²) in [7, 11) is 0. The van der Waals surface area contributed by atoms with Crippen LogP contribution in [0.3, 0.4) is 0 Å². The molecule has 0 radical (unpaired) electrons. The number of hydrogen-bond donors (Lipinski definition) is 3. The molecule has 1 aromatic carbocycles. The first-order valence-corrected chi connectivity index (χ1v) is 8.58. The monoisotopic (exact) mass is 303 g/mol. The molecular weight excluding hydrogens is 282 g/mol. The molecule has 0 aliphatic carbocycles. The Kier molecular flexibility index (Phi) is 4.51. The minimum absolute atomic E-state index is 0.0345. The minimum Gasteiger partial charge on any atom is -0.361 e. The van der Waals surface area contributed by atoms with Crippen LogP contribution in [0.2, 0.25) is 0 Å². The number of aromatic nitrogens is 1. The van der Waals surface area contributed by atoms with Gasteiger partial charge in [-0.25, -0.2) is 0 Å². The third kappa shape index (κ3) is 3.41. The molecule has 112 valence electrons. The standard InChI is InChI=1S/C16H21N3OS/c17-14(16(20)19-12-4-3-7-21-10-12)8-11-9-18-15-6-2-1-5-13(11)15/h1-2,5-6,9,12,14,18H,3-4,7-8,10,17H2,(H,19,20)/t12?,14-/m0/s1. The highest BCUT2D eigenvalue weighted by atomic mass is 32.2. The van der Waals surface area contributed by atoms with Crippen LogP contribution >= 0.6 is 11.8 Å². The molecule has 1 unspecified atom stereocenters. The first-order valence-electron chi connectivity index (χ1n) is 7.43. The number of nitrogens with one attached hydrogen (secondary N) is 2. The lowest BCUT2D eigenvalue weighted by Crippen LogP contribution is -2.47. The zero-order valence-electron chi connectivity index (χ0n) is 12.0. The SMILES string of the molecule is N[C@@H](Cc1c[nH]c2ccccc12)C(=O)NC1CCCSC1. The average Bonchev–Trinajstić information content (AvgIpc) is 2.91. The second-order valence-electron chi connectivity index (χ2n) is 5.59. The van der Waals surface area contributed by atoms with Crippen LogP contribution in [0.15, 0.2) is 30.5 Å². The lowest BCUT2D eigenvalue weighted by molar-refractivity contribution is -0.122. The number of hydrogen-bond acceptors (Lipinski definition) is 3. The fourth-order valence-corrected chi connectivity index (χ4v) is 3.86. The van der Waals surface area contributed by atoms with Gasteiger partial charge in [-0.05, 0) is 36.6 Å². The number of aromatic amines is 1. The van der Waals surface area contributed by atoms with Gasteiger partial charge in [0.2, 0.25) is 5.91 Å². The average molecular weight is 303 g/mol. The molecule has 1 aliphatic rings. The second kappa shape index (κ2) is 6.54. The van der Waals surface area contributed by atoms with Crippen molar-refractivity contribution in [2.75, 3.05) is 11.5 Å². The van der Waals surface area contributed by atoms with E-state index < -0.39 is 6.04 Å². The smallest absolute Gasteiger partial charge is 0.237 e. The maximum absolute atomic E-state index is 12.2. The fourth-order valence-electron chi connectivity index (χ4n) is 2.79. The maximum atomic E-state index is 12.2. The van der Waals surface area contributed by atoms with E-state index in [0.29, 0.717) is 6.42 Å². The van der Waals surface area contributed by atoms with E-state index in [4.69, 9.17) is 5.73 Å². The highest BCUT2D eigenvalue weighted by Gasteiger charge is 2.21. The molecule has 1 amide bonds. The van der Waals surface area contributed by atoms with Gasteiger partial charge >= 0.3 is 0 Å². The van der Waals surface area contributed by atoms with Crippen LogP contribution < -0.4 is 11.1 Å². The van der Waals surface area contributed by atoms with Gasteiger partial charge in [-0.2, -0.15) is 11.8 Å². The largest absolute Gasteiger partial charge is 0.361 e. The van der Waals surface area contributed by atoms with E-state index in [1.165, 1.54) is 12.2 Å². The Morgan fingerprint density at radius 3 is 3.14 bits per heavy atom. The molecule has 2 heterocycles. The van der Waals surface area contributed by atoms with Crippen molar-refractivity contribution in [2.24, 2.45) is 5.73 Å². The molecule has 2 atom stereocenters. The van der Waals surface area contributed by atoms with E-state index in [1.807, 2.05) is 36.2 Å². The lowest BCUT2D eigenvalue weighted by Gasteiger charge is -2.24. The van der Waals surface area contributed by atoms with Gasteiger partial charge in [0.05, 0.1) is 6.04 Å². The van der Waals surface area contributed by atoms with E-state index in [9.17, 15) is 4.79 Å². The quantitative estimate of drug-likeness (QED) is 0.809. The molecule has 21 heavy (non-hydrogen) atoms. The van der Waals surface area contributed by atoms with E-state index in [2.05, 4.69) is 16.4 Å². The number of carbonyl (C=O) groups excluding carboxylic acids is 1. The molecule has 0 spiro atoms. The van der Waals surface area contributed by atoms with Crippen molar-refractivity contribution in [3.63, 3.8) is 0 Å². The van der Waals surface area contributed by atoms with Gasteiger partial charge in [-0.15, -0.1) is 0 Å². The molecule has 0 bridgehead atoms. The first kappa shape index (κ1) is 14.5. The Hall–Kier alpha value is -1.46. The van der Waals surface area contributed by atoms with Crippen LogP contribution in [-0.4, -0.2) is 34.5 Å². The summed E-state index contributed by atoms with van der Waals surface area (Å²) in [6.45, 7) is 0. The molecule has 3 rings (SSSR count). The normalized spacial score (nSPS) is 20.3. The van der Waals surface area contributed by atoms with Crippen molar-refractivity contribution in [1.82, 2.24) is 10.3 Å². The third-order valence-electron chi connectivity index (χ3n) is 3.96. The van der Waals surface area contributed by atoms with Crippen molar-refractivity contribution in [3.8, 4) is 0 Å². The van der Waals surface area contributed by atoms with E-state index in [0.717, 1.165) is 28.6 Å². The predicted octanol–water partition coefficient (Wildman–Crippen LogP) is 2.05. The van der Waals surface area contributed by atoms with Crippen LogP contribution in [-0.2, 0) is 11.2 Å². The highest BCUT2D eigenvalue weighted by Crippen LogP contribution is 2.19. The number of fused-ring (bicyclic) bond motifs is 1.